The highest BCUT2D eigenvalue weighted by Gasteiger charge is 2.30. The van der Waals surface area contributed by atoms with E-state index in [9.17, 15) is 9.59 Å². The molecule has 0 bridgehead atoms. The van der Waals surface area contributed by atoms with Gasteiger partial charge >= 0.3 is 0 Å². The fraction of sp³-hybridized carbons (Fsp3) is 0.217. The first-order valence-electron chi connectivity index (χ1n) is 9.61. The van der Waals surface area contributed by atoms with E-state index in [1.54, 1.807) is 36.4 Å². The van der Waals surface area contributed by atoms with Crippen molar-refractivity contribution in [2.24, 2.45) is 0 Å². The number of amides is 2. The number of carbonyl (C=O) groups excluding carboxylic acids is 2. The summed E-state index contributed by atoms with van der Waals surface area (Å²) >= 11 is 0. The monoisotopic (exact) mass is 389 g/mol. The minimum Gasteiger partial charge on any atom is -0.459 e. The molecule has 29 heavy (non-hydrogen) atoms. The molecular weight excluding hydrogens is 366 g/mol. The van der Waals surface area contributed by atoms with Gasteiger partial charge in [-0.25, -0.2) is 0 Å². The molecule has 1 aliphatic rings. The first kappa shape index (κ1) is 19.0. The number of hydrogen-bond acceptors (Lipinski definition) is 4. The van der Waals surface area contributed by atoms with Crippen molar-refractivity contribution >= 4 is 17.5 Å². The Kier molecular flexibility index (Phi) is 5.44. The standard InChI is InChI=1S/C23H23N3O3/c1-25-13-14-26(20(16-25)17-6-3-2-4-7-17)23(28)18-9-11-19(12-10-18)24-22(27)21-8-5-15-29-21/h2-12,15,20H,13-14,16H2,1H3,(H,24,27)/t20-/m1/s1. The summed E-state index contributed by atoms with van der Waals surface area (Å²) in [5.74, 6) is -0.0820. The van der Waals surface area contributed by atoms with E-state index >= 15 is 0 Å². The molecule has 2 amide bonds. The summed E-state index contributed by atoms with van der Waals surface area (Å²) in [6.07, 6.45) is 1.45. The van der Waals surface area contributed by atoms with Crippen LogP contribution in [0.25, 0.3) is 0 Å². The number of likely N-dealkylation sites (N-methyl/N-ethyl adjacent to an activating group) is 1. The number of benzene rings is 2. The number of carbonyl (C=O) groups is 2. The smallest absolute Gasteiger partial charge is 0.291 e. The predicted molar refractivity (Wildman–Crippen MR) is 111 cm³/mol. The fourth-order valence-corrected chi connectivity index (χ4v) is 3.59. The van der Waals surface area contributed by atoms with Gasteiger partial charge in [0, 0.05) is 30.9 Å². The maximum absolute atomic E-state index is 13.2. The maximum atomic E-state index is 13.2. The van der Waals surface area contributed by atoms with Gasteiger partial charge in [-0.15, -0.1) is 0 Å². The van der Waals surface area contributed by atoms with E-state index in [2.05, 4.69) is 29.4 Å². The molecule has 6 heteroatoms. The van der Waals surface area contributed by atoms with Gasteiger partial charge in [-0.1, -0.05) is 30.3 Å². The molecule has 6 nitrogen and oxygen atoms in total. The highest BCUT2D eigenvalue weighted by atomic mass is 16.3. The first-order valence-corrected chi connectivity index (χ1v) is 9.61. The van der Waals surface area contributed by atoms with Gasteiger partial charge < -0.3 is 19.5 Å². The molecule has 2 aromatic carbocycles. The number of anilines is 1. The molecule has 0 unspecified atom stereocenters. The third-order valence-corrected chi connectivity index (χ3v) is 5.16. The van der Waals surface area contributed by atoms with E-state index in [0.717, 1.165) is 18.7 Å². The van der Waals surface area contributed by atoms with E-state index in [1.807, 2.05) is 23.1 Å². The van der Waals surface area contributed by atoms with Crippen LogP contribution in [0, 0.1) is 0 Å². The molecule has 0 aliphatic carbocycles. The second-order valence-corrected chi connectivity index (χ2v) is 7.20. The average Bonchev–Trinajstić information content (AvgIpc) is 3.30. The van der Waals surface area contributed by atoms with Crippen LogP contribution in [0.4, 0.5) is 5.69 Å². The summed E-state index contributed by atoms with van der Waals surface area (Å²) in [7, 11) is 2.08. The lowest BCUT2D eigenvalue weighted by Crippen LogP contribution is -2.49. The summed E-state index contributed by atoms with van der Waals surface area (Å²) < 4.78 is 5.09. The number of furan rings is 1. The summed E-state index contributed by atoms with van der Waals surface area (Å²) in [4.78, 5) is 29.5. The van der Waals surface area contributed by atoms with Gasteiger partial charge in [0.15, 0.2) is 5.76 Å². The molecular formula is C23H23N3O3. The lowest BCUT2D eigenvalue weighted by atomic mass is 10.0. The van der Waals surface area contributed by atoms with Crippen LogP contribution in [0.5, 0.6) is 0 Å². The molecule has 0 radical (unpaired) electrons. The second kappa shape index (κ2) is 8.32. The molecule has 2 heterocycles. The van der Waals surface area contributed by atoms with Crippen LogP contribution in [-0.2, 0) is 0 Å². The zero-order valence-corrected chi connectivity index (χ0v) is 16.2. The molecule has 1 fully saturated rings. The summed E-state index contributed by atoms with van der Waals surface area (Å²) in [6, 6.07) is 20.4. The predicted octanol–water partition coefficient (Wildman–Crippen LogP) is 3.66. The van der Waals surface area contributed by atoms with Crippen molar-refractivity contribution < 1.29 is 14.0 Å². The zero-order valence-electron chi connectivity index (χ0n) is 16.2. The van der Waals surface area contributed by atoms with Crippen LogP contribution in [0.15, 0.2) is 77.4 Å². The number of nitrogens with zero attached hydrogens (tertiary/aromatic N) is 2. The Labute approximate surface area is 169 Å². The molecule has 148 valence electrons. The first-order chi connectivity index (χ1) is 14.1. The van der Waals surface area contributed by atoms with E-state index < -0.39 is 0 Å². The van der Waals surface area contributed by atoms with Gasteiger partial charge in [-0.3, -0.25) is 9.59 Å². The van der Waals surface area contributed by atoms with Crippen molar-refractivity contribution in [3.63, 3.8) is 0 Å². The van der Waals surface area contributed by atoms with Gasteiger partial charge in [-0.2, -0.15) is 0 Å². The lowest BCUT2D eigenvalue weighted by molar-refractivity contribution is 0.0498. The molecule has 0 saturated carbocycles. The van der Waals surface area contributed by atoms with Crippen LogP contribution >= 0.6 is 0 Å². The van der Waals surface area contributed by atoms with Crippen LogP contribution in [0.2, 0.25) is 0 Å². The van der Waals surface area contributed by atoms with Crippen LogP contribution in [-0.4, -0.2) is 48.3 Å². The molecule has 4 rings (SSSR count). The van der Waals surface area contributed by atoms with Crippen molar-refractivity contribution in [1.82, 2.24) is 9.80 Å². The molecule has 1 aromatic heterocycles. The topological polar surface area (TPSA) is 65.8 Å². The van der Waals surface area contributed by atoms with Crippen molar-refractivity contribution in [3.8, 4) is 0 Å². The van der Waals surface area contributed by atoms with Crippen LogP contribution in [0.1, 0.15) is 32.5 Å². The molecule has 1 atom stereocenters. The van der Waals surface area contributed by atoms with E-state index in [1.165, 1.54) is 6.26 Å². The molecule has 1 aliphatic heterocycles. The third kappa shape index (κ3) is 4.22. The van der Waals surface area contributed by atoms with Gasteiger partial charge in [0.25, 0.3) is 11.8 Å². The minimum atomic E-state index is -0.322. The number of piperazine rings is 1. The number of nitrogens with one attached hydrogen (secondary N) is 1. The minimum absolute atomic E-state index is 0.00383. The van der Waals surface area contributed by atoms with Crippen LogP contribution < -0.4 is 5.32 Å². The fourth-order valence-electron chi connectivity index (χ4n) is 3.59. The van der Waals surface area contributed by atoms with Crippen molar-refractivity contribution in [1.29, 1.82) is 0 Å². The Morgan fingerprint density at radius 1 is 0.966 bits per heavy atom. The number of hydrogen-bond donors (Lipinski definition) is 1. The quantitative estimate of drug-likeness (QED) is 0.740. The Hall–Kier alpha value is -3.38. The molecule has 1 N–H and O–H groups in total. The van der Waals surface area contributed by atoms with Gasteiger partial charge in [0.2, 0.25) is 0 Å². The van der Waals surface area contributed by atoms with Crippen molar-refractivity contribution in [2.45, 2.75) is 6.04 Å². The van der Waals surface area contributed by atoms with Crippen LogP contribution in [0.3, 0.4) is 0 Å². The SMILES string of the molecule is CN1CCN(C(=O)c2ccc(NC(=O)c3ccco3)cc2)[C@@H](c2ccccc2)C1. The normalized spacial score (nSPS) is 17.1. The van der Waals surface area contributed by atoms with Crippen molar-refractivity contribution in [3.05, 3.63) is 89.9 Å². The second-order valence-electron chi connectivity index (χ2n) is 7.20. The Morgan fingerprint density at radius 2 is 1.72 bits per heavy atom. The van der Waals surface area contributed by atoms with E-state index in [0.29, 0.717) is 17.8 Å². The summed E-state index contributed by atoms with van der Waals surface area (Å²) in [5.41, 5.74) is 2.35. The number of rotatable bonds is 4. The molecule has 3 aromatic rings. The Bertz CT molecular complexity index is 968. The maximum Gasteiger partial charge on any atom is 0.291 e. The molecule has 1 saturated heterocycles. The molecule has 0 spiro atoms. The largest absolute Gasteiger partial charge is 0.459 e. The highest BCUT2D eigenvalue weighted by Crippen LogP contribution is 2.27. The van der Waals surface area contributed by atoms with E-state index in [4.69, 9.17) is 4.42 Å². The Balaban J connectivity index is 1.50. The lowest BCUT2D eigenvalue weighted by Gasteiger charge is -2.40. The zero-order chi connectivity index (χ0) is 20.2. The van der Waals surface area contributed by atoms with Crippen molar-refractivity contribution in [2.75, 3.05) is 32.0 Å². The summed E-state index contributed by atoms with van der Waals surface area (Å²) in [5, 5.41) is 2.77. The summed E-state index contributed by atoms with van der Waals surface area (Å²) in [6.45, 7) is 2.31. The van der Waals surface area contributed by atoms with Gasteiger partial charge in [-0.05, 0) is 49.0 Å². The average molecular weight is 389 g/mol. The van der Waals surface area contributed by atoms with E-state index in [-0.39, 0.29) is 23.6 Å². The highest BCUT2D eigenvalue weighted by molar-refractivity contribution is 6.02. The third-order valence-electron chi connectivity index (χ3n) is 5.16. The van der Waals surface area contributed by atoms with Gasteiger partial charge in [0.1, 0.15) is 0 Å². The van der Waals surface area contributed by atoms with Gasteiger partial charge in [0.05, 0.1) is 12.3 Å². The Morgan fingerprint density at radius 3 is 2.41 bits per heavy atom.